The van der Waals surface area contributed by atoms with Crippen molar-refractivity contribution in [2.24, 2.45) is 23.7 Å². The van der Waals surface area contributed by atoms with Gasteiger partial charge < -0.3 is 55.0 Å². The number of nitrogens with zero attached hydrogens (tertiary/aromatic N) is 5. The molecule has 4 saturated carbocycles. The van der Waals surface area contributed by atoms with Crippen LogP contribution in [0.15, 0.2) is 73.8 Å². The minimum absolute atomic E-state index is 0.250. The molecular weight excluding hydrogens is 1110 g/mol. The van der Waals surface area contributed by atoms with Crippen molar-refractivity contribution in [1.82, 2.24) is 39.9 Å². The lowest BCUT2D eigenvalue weighted by Gasteiger charge is -2.36. The normalized spacial score (nSPS) is 21.4. The molecule has 0 amide bonds. The molecule has 8 aromatic heterocycles. The van der Waals surface area contributed by atoms with Crippen LogP contribution in [0.5, 0.6) is 0 Å². The van der Waals surface area contributed by atoms with Gasteiger partial charge in [-0.2, -0.15) is 9.59 Å². The van der Waals surface area contributed by atoms with E-state index >= 15 is 0 Å². The molecular formula is C68H92N12O8. The van der Waals surface area contributed by atoms with Gasteiger partial charge in [-0.3, -0.25) is 0 Å². The number of aryl methyl sites for hydroxylation is 1. The zero-order chi connectivity index (χ0) is 62.7. The minimum Gasteiger partial charge on any atom is -0.462 e. The summed E-state index contributed by atoms with van der Waals surface area (Å²) in [4.78, 5) is 85.3. The molecule has 0 bridgehead atoms. The molecule has 4 fully saturated rings. The van der Waals surface area contributed by atoms with Gasteiger partial charge >= 0.3 is 24.1 Å². The molecule has 472 valence electrons. The second kappa shape index (κ2) is 32.1. The summed E-state index contributed by atoms with van der Waals surface area (Å²) in [7, 11) is 2.27. The average Bonchev–Trinajstić information content (AvgIpc) is 3.75. The van der Waals surface area contributed by atoms with Gasteiger partial charge in [0.25, 0.3) is 0 Å². The molecule has 20 heteroatoms. The molecule has 0 spiro atoms. The summed E-state index contributed by atoms with van der Waals surface area (Å²) in [6.45, 7) is 18.0. The number of pyridine rings is 4. The van der Waals surface area contributed by atoms with Crippen LogP contribution in [-0.2, 0) is 30.2 Å². The van der Waals surface area contributed by atoms with Gasteiger partial charge in [0.1, 0.15) is 39.3 Å². The number of hydrogen-bond donors (Lipinski definition) is 7. The quantitative estimate of drug-likeness (QED) is 0.0371. The van der Waals surface area contributed by atoms with Crippen molar-refractivity contribution < 1.29 is 38.2 Å². The van der Waals surface area contributed by atoms with E-state index < -0.39 is 0 Å². The minimum atomic E-state index is -0.318. The number of nitrogens with one attached hydrogen (secondary N) is 7. The van der Waals surface area contributed by atoms with Gasteiger partial charge in [-0.05, 0) is 177 Å². The maximum atomic E-state index is 12.2. The van der Waals surface area contributed by atoms with Gasteiger partial charge in [-0.15, -0.1) is 0 Å². The number of carbonyl (C=O) groups is 3. The van der Waals surface area contributed by atoms with E-state index in [0.29, 0.717) is 60.7 Å². The zero-order valence-electron chi connectivity index (χ0n) is 53.0. The Bertz CT molecular complexity index is 3440. The molecule has 7 N–H and O–H groups in total. The molecule has 0 radical (unpaired) electrons. The Hall–Kier alpha value is -8.25. The first-order valence-electron chi connectivity index (χ1n) is 32.0. The van der Waals surface area contributed by atoms with Gasteiger partial charge in [-0.25, -0.2) is 34.3 Å². The summed E-state index contributed by atoms with van der Waals surface area (Å²) in [6, 6.07) is 9.93. The Labute approximate surface area is 516 Å². The van der Waals surface area contributed by atoms with Crippen LogP contribution in [0, 0.1) is 23.7 Å². The van der Waals surface area contributed by atoms with E-state index in [-0.39, 0.29) is 24.1 Å². The number of ether oxygens (including phenoxy) is 3. The van der Waals surface area contributed by atoms with E-state index in [2.05, 4.69) is 108 Å². The highest BCUT2D eigenvalue weighted by atomic mass is 16.5. The number of aromatic nitrogens is 8. The number of hydrogen-bond acceptors (Lipinski definition) is 16. The largest absolute Gasteiger partial charge is 0.462 e. The third-order valence-electron chi connectivity index (χ3n) is 17.9. The Balaban J connectivity index is 0.000000150. The number of anilines is 4. The maximum absolute atomic E-state index is 12.2. The Morgan fingerprint density at radius 3 is 1.15 bits per heavy atom. The second-order valence-electron chi connectivity index (χ2n) is 24.3. The van der Waals surface area contributed by atoms with Crippen LogP contribution in [0.2, 0.25) is 0 Å². The molecule has 4 aliphatic carbocycles. The first kappa shape index (κ1) is 65.7. The molecule has 0 aromatic carbocycles. The third kappa shape index (κ3) is 16.7. The zero-order valence-corrected chi connectivity index (χ0v) is 53.0. The highest BCUT2D eigenvalue weighted by molar-refractivity contribution is 6.06. The number of aromatic amines is 4. The monoisotopic (exact) mass is 1200 g/mol. The van der Waals surface area contributed by atoms with Crippen LogP contribution >= 0.6 is 0 Å². The lowest BCUT2D eigenvalue weighted by atomic mass is 9.86. The molecule has 88 heavy (non-hydrogen) atoms. The standard InChI is InChI=1S/2C17H23N3O2.C17H25N3.C16H21N3O2.CO2/c2*1-3-22-17(21)14-10-19-16-13(8-9-18-16)15(14)20-12-6-4-11(2)5-7-12;1-4-13-11-19-17-15(9-10-18-17)16(13)20(3)14-7-5-12(2)6-8-14;1-3-21-16(20)13-9-18-15-12(6-7-17-15)14(13)19-11-5-4-10(2)8-11;2-1-3/h2*8-12H,3-7H2,1-2H3,(H2,18,19,20);9-12,14H,4-8H2,1-3H3,(H,18,19);6-7,9-11H,3-5,8H2,1-2H3,(H2,17,18,19);/t;;;10-,11-;/m...0./s1. The molecule has 0 saturated heterocycles. The lowest BCUT2D eigenvalue weighted by molar-refractivity contribution is -0.191. The van der Waals surface area contributed by atoms with E-state index in [9.17, 15) is 14.4 Å². The number of esters is 3. The average molecular weight is 1210 g/mol. The molecule has 12 rings (SSSR count). The summed E-state index contributed by atoms with van der Waals surface area (Å²) in [5, 5.41) is 14.8. The van der Waals surface area contributed by atoms with Crippen molar-refractivity contribution in [2.75, 3.05) is 47.7 Å². The fraction of sp³-hybridized carbons (Fsp3) is 0.529. The first-order valence-corrected chi connectivity index (χ1v) is 32.0. The summed E-state index contributed by atoms with van der Waals surface area (Å²) in [6.07, 6.45) is 34.0. The molecule has 2 atom stereocenters. The highest BCUT2D eigenvalue weighted by Crippen LogP contribution is 2.37. The number of rotatable bonds is 15. The Morgan fingerprint density at radius 1 is 0.477 bits per heavy atom. The van der Waals surface area contributed by atoms with Crippen LogP contribution in [0.1, 0.15) is 188 Å². The predicted molar refractivity (Wildman–Crippen MR) is 347 cm³/mol. The molecule has 4 aliphatic rings. The van der Waals surface area contributed by atoms with Gasteiger partial charge in [0.05, 0.1) is 42.6 Å². The fourth-order valence-electron chi connectivity index (χ4n) is 12.9. The Kier molecular flexibility index (Phi) is 24.0. The summed E-state index contributed by atoms with van der Waals surface area (Å²) < 4.78 is 15.5. The predicted octanol–water partition coefficient (Wildman–Crippen LogP) is 14.4. The van der Waals surface area contributed by atoms with E-state index in [4.69, 9.17) is 23.8 Å². The van der Waals surface area contributed by atoms with E-state index in [1.807, 2.05) is 70.0 Å². The number of carbonyl (C=O) groups excluding carboxylic acids is 5. The number of H-pyrrole nitrogens is 4. The van der Waals surface area contributed by atoms with Gasteiger partial charge in [0, 0.05) is 102 Å². The van der Waals surface area contributed by atoms with Crippen molar-refractivity contribution in [2.45, 2.75) is 182 Å². The molecule has 8 heterocycles. The van der Waals surface area contributed by atoms with Crippen LogP contribution in [0.3, 0.4) is 0 Å². The Morgan fingerprint density at radius 2 is 0.795 bits per heavy atom. The van der Waals surface area contributed by atoms with Crippen LogP contribution in [0.4, 0.5) is 22.7 Å². The van der Waals surface area contributed by atoms with E-state index in [1.54, 1.807) is 18.6 Å². The van der Waals surface area contributed by atoms with Crippen molar-refractivity contribution in [3.8, 4) is 0 Å². The van der Waals surface area contributed by atoms with Crippen molar-refractivity contribution in [3.05, 3.63) is 96.1 Å². The lowest BCUT2D eigenvalue weighted by Crippen LogP contribution is -2.35. The second-order valence-corrected chi connectivity index (χ2v) is 24.3. The van der Waals surface area contributed by atoms with E-state index in [0.717, 1.165) is 124 Å². The van der Waals surface area contributed by atoms with Crippen molar-refractivity contribution >= 4 is 90.9 Å². The molecule has 0 unspecified atom stereocenters. The van der Waals surface area contributed by atoms with Gasteiger partial charge in [0.15, 0.2) is 0 Å². The maximum Gasteiger partial charge on any atom is 0.373 e. The van der Waals surface area contributed by atoms with Crippen molar-refractivity contribution in [1.29, 1.82) is 0 Å². The molecule has 20 nitrogen and oxygen atoms in total. The SMILES string of the molecule is CCOC(=O)c1cnc2[nH]ccc2c1NC1CCC(C)CC1.CCOC(=O)c1cnc2[nH]ccc2c1NC1CCC(C)CC1.CCOC(=O)c1cnc2[nH]ccc2c1N[C@H]1CC[C@H](C)C1.CCc1cnc2[nH]ccc2c1N(C)C1CCC(C)CC1.O=C=O. The summed E-state index contributed by atoms with van der Waals surface area (Å²) in [5.74, 6) is 2.28. The van der Waals surface area contributed by atoms with Crippen LogP contribution in [0.25, 0.3) is 44.1 Å². The topological polar surface area (TPSA) is 267 Å². The van der Waals surface area contributed by atoms with Gasteiger partial charge in [-0.1, -0.05) is 34.6 Å². The summed E-state index contributed by atoms with van der Waals surface area (Å²) >= 11 is 0. The van der Waals surface area contributed by atoms with E-state index in [1.165, 1.54) is 74.4 Å². The number of fused-ring (bicyclic) bond motifs is 4. The van der Waals surface area contributed by atoms with Gasteiger partial charge in [0.2, 0.25) is 0 Å². The fourth-order valence-corrected chi connectivity index (χ4v) is 12.9. The smallest absolute Gasteiger partial charge is 0.373 e. The highest BCUT2D eigenvalue weighted by Gasteiger charge is 2.29. The molecule has 8 aromatic rings. The van der Waals surface area contributed by atoms with Crippen molar-refractivity contribution in [3.63, 3.8) is 0 Å². The first-order chi connectivity index (χ1) is 42.7. The van der Waals surface area contributed by atoms with Crippen LogP contribution < -0.4 is 20.9 Å². The van der Waals surface area contributed by atoms with Crippen LogP contribution in [-0.4, -0.2) is 115 Å². The molecule has 0 aliphatic heterocycles. The summed E-state index contributed by atoms with van der Waals surface area (Å²) in [5.41, 5.74) is 10.2. The third-order valence-corrected chi connectivity index (χ3v) is 17.9.